The van der Waals surface area contributed by atoms with E-state index < -0.39 is 5.60 Å². The number of ether oxygens (including phenoxy) is 2. The Morgan fingerprint density at radius 3 is 2.35 bits per heavy atom. The Hall–Kier alpha value is -3.96. The molecule has 1 N–H and O–H groups in total. The maximum Gasteiger partial charge on any atom is 0.340 e. The van der Waals surface area contributed by atoms with Crippen molar-refractivity contribution in [3.05, 3.63) is 112 Å². The fourth-order valence-corrected chi connectivity index (χ4v) is 5.62. The van der Waals surface area contributed by atoms with Crippen LogP contribution in [0.5, 0.6) is 11.5 Å². The van der Waals surface area contributed by atoms with E-state index in [9.17, 15) is 4.79 Å². The Kier molecular flexibility index (Phi) is 5.61. The number of carbonyl (C=O) groups is 1. The molecule has 6 heteroatoms. The molecule has 0 saturated heterocycles. The topological polar surface area (TPSA) is 50.8 Å². The number of anilines is 3. The summed E-state index contributed by atoms with van der Waals surface area (Å²) < 4.78 is 12.9. The van der Waals surface area contributed by atoms with Crippen molar-refractivity contribution < 1.29 is 14.3 Å². The molecular weight excluding hydrogens is 484 g/mol. The Labute approximate surface area is 221 Å². The predicted octanol–water partition coefficient (Wildman–Crippen LogP) is 7.81. The number of fused-ring (bicyclic) bond motifs is 6. The fraction of sp³-hybridized carbons (Fsp3) is 0.194. The van der Waals surface area contributed by atoms with Gasteiger partial charge >= 0.3 is 5.97 Å². The predicted molar refractivity (Wildman–Crippen MR) is 148 cm³/mol. The van der Waals surface area contributed by atoms with E-state index >= 15 is 0 Å². The maximum atomic E-state index is 13.2. The summed E-state index contributed by atoms with van der Waals surface area (Å²) >= 11 is 6.45. The number of para-hydroxylation sites is 1. The first-order chi connectivity index (χ1) is 18.0. The summed E-state index contributed by atoms with van der Waals surface area (Å²) in [5.41, 5.74) is 5.54. The van der Waals surface area contributed by atoms with E-state index in [1.807, 2.05) is 79.7 Å². The van der Waals surface area contributed by atoms with Crippen LogP contribution in [0, 0.1) is 6.92 Å². The van der Waals surface area contributed by atoms with Gasteiger partial charge in [-0.25, -0.2) is 4.79 Å². The molecule has 0 bridgehead atoms. The van der Waals surface area contributed by atoms with Gasteiger partial charge in [-0.3, -0.25) is 0 Å². The molecule has 1 spiro atoms. The lowest BCUT2D eigenvalue weighted by molar-refractivity contribution is 0.0224. The molecule has 0 fully saturated rings. The Bertz CT molecular complexity index is 1550. The summed E-state index contributed by atoms with van der Waals surface area (Å²) in [6.45, 7) is 8.04. The quantitative estimate of drug-likeness (QED) is 0.277. The number of carbonyl (C=O) groups excluding carboxylic acids is 1. The van der Waals surface area contributed by atoms with Crippen LogP contribution in [0.2, 0.25) is 5.02 Å². The number of nitrogens with one attached hydrogen (secondary N) is 1. The largest absolute Gasteiger partial charge is 0.456 e. The monoisotopic (exact) mass is 510 g/mol. The average Bonchev–Trinajstić information content (AvgIpc) is 3.20. The van der Waals surface area contributed by atoms with Gasteiger partial charge in [-0.05, 0) is 68.8 Å². The molecule has 2 aliphatic rings. The van der Waals surface area contributed by atoms with Crippen molar-refractivity contribution in [2.45, 2.75) is 26.4 Å². The molecule has 2 aliphatic heterocycles. The minimum atomic E-state index is -1.12. The van der Waals surface area contributed by atoms with Crippen LogP contribution in [0.15, 0.2) is 78.9 Å². The second-order valence-electron chi connectivity index (χ2n) is 9.34. The van der Waals surface area contributed by atoms with E-state index in [0.29, 0.717) is 22.1 Å². The van der Waals surface area contributed by atoms with Crippen molar-refractivity contribution in [2.24, 2.45) is 0 Å². The van der Waals surface area contributed by atoms with Gasteiger partial charge in [0.05, 0.1) is 16.3 Å². The zero-order valence-electron chi connectivity index (χ0n) is 21.0. The summed E-state index contributed by atoms with van der Waals surface area (Å²) in [4.78, 5) is 15.5. The molecule has 0 radical (unpaired) electrons. The number of halogens is 1. The minimum Gasteiger partial charge on any atom is -0.456 e. The summed E-state index contributed by atoms with van der Waals surface area (Å²) in [6.07, 6.45) is 0. The van der Waals surface area contributed by atoms with Crippen LogP contribution >= 0.6 is 11.6 Å². The van der Waals surface area contributed by atoms with Gasteiger partial charge < -0.3 is 19.7 Å². The van der Waals surface area contributed by atoms with Gasteiger partial charge in [0.15, 0.2) is 5.60 Å². The second kappa shape index (κ2) is 8.86. The molecule has 0 saturated carbocycles. The first kappa shape index (κ1) is 23.4. The lowest BCUT2D eigenvalue weighted by Gasteiger charge is -2.37. The highest BCUT2D eigenvalue weighted by Gasteiger charge is 2.53. The molecule has 4 aromatic carbocycles. The summed E-state index contributed by atoms with van der Waals surface area (Å²) in [6, 6.07) is 25.4. The van der Waals surface area contributed by atoms with Crippen LogP contribution in [0.25, 0.3) is 0 Å². The highest BCUT2D eigenvalue weighted by molar-refractivity contribution is 6.33. The molecule has 37 heavy (non-hydrogen) atoms. The van der Waals surface area contributed by atoms with E-state index in [4.69, 9.17) is 21.1 Å². The normalized spacial score (nSPS) is 16.9. The average molecular weight is 511 g/mol. The van der Waals surface area contributed by atoms with Crippen molar-refractivity contribution in [1.29, 1.82) is 0 Å². The minimum absolute atomic E-state index is 0.344. The highest BCUT2D eigenvalue weighted by atomic mass is 35.5. The van der Waals surface area contributed by atoms with Gasteiger partial charge in [0.25, 0.3) is 0 Å². The molecule has 4 aromatic rings. The van der Waals surface area contributed by atoms with Gasteiger partial charge in [0.2, 0.25) is 0 Å². The zero-order chi connectivity index (χ0) is 25.7. The third kappa shape index (κ3) is 3.57. The van der Waals surface area contributed by atoms with Gasteiger partial charge in [-0.1, -0.05) is 41.9 Å². The standard InChI is InChI=1S/C31H27ClN2O3/c1-4-34(5-2)20-14-15-23-29(17-20)36-28-16-19(3)27(33-26-13-9-8-12-25(26)32)18-24(28)31(23)22-11-7-6-10-21(22)30(35)37-31/h6-18,33H,4-5H2,1-3H3. The lowest BCUT2D eigenvalue weighted by Crippen LogP contribution is -2.33. The number of hydrogen-bond donors (Lipinski definition) is 1. The van der Waals surface area contributed by atoms with Crippen LogP contribution in [0.4, 0.5) is 17.1 Å². The molecule has 1 unspecified atom stereocenters. The number of benzene rings is 4. The molecular formula is C31H27ClN2O3. The third-order valence-electron chi connectivity index (χ3n) is 7.31. The molecule has 2 heterocycles. The van der Waals surface area contributed by atoms with E-state index in [0.717, 1.165) is 52.4 Å². The third-order valence-corrected chi connectivity index (χ3v) is 7.64. The van der Waals surface area contributed by atoms with Gasteiger partial charge in [-0.2, -0.15) is 0 Å². The van der Waals surface area contributed by atoms with Crippen LogP contribution in [0.3, 0.4) is 0 Å². The van der Waals surface area contributed by atoms with Crippen molar-refractivity contribution in [2.75, 3.05) is 23.3 Å². The number of nitrogens with zero attached hydrogens (tertiary/aromatic N) is 1. The molecule has 5 nitrogen and oxygen atoms in total. The second-order valence-corrected chi connectivity index (χ2v) is 9.75. The van der Waals surface area contributed by atoms with Gasteiger partial charge in [0.1, 0.15) is 11.5 Å². The van der Waals surface area contributed by atoms with Crippen LogP contribution in [-0.4, -0.2) is 19.1 Å². The molecule has 1 atom stereocenters. The number of esters is 1. The van der Waals surface area contributed by atoms with Gasteiger partial charge in [0, 0.05) is 47.2 Å². The van der Waals surface area contributed by atoms with Crippen molar-refractivity contribution in [1.82, 2.24) is 0 Å². The molecule has 0 amide bonds. The van der Waals surface area contributed by atoms with Crippen molar-refractivity contribution >= 4 is 34.6 Å². The molecule has 6 rings (SSSR count). The van der Waals surface area contributed by atoms with E-state index in [-0.39, 0.29) is 5.97 Å². The first-order valence-corrected chi connectivity index (χ1v) is 12.9. The highest BCUT2D eigenvalue weighted by Crippen LogP contribution is 2.57. The van der Waals surface area contributed by atoms with Crippen molar-refractivity contribution in [3.8, 4) is 11.5 Å². The number of aryl methyl sites for hydroxylation is 1. The maximum absolute atomic E-state index is 13.2. The Balaban J connectivity index is 1.58. The van der Waals surface area contributed by atoms with E-state index in [1.165, 1.54) is 0 Å². The Morgan fingerprint density at radius 1 is 0.838 bits per heavy atom. The SMILES string of the molecule is CCN(CC)c1ccc2c(c1)Oc1cc(C)c(Nc3ccccc3Cl)cc1C21OC(=O)c2ccccc21. The summed E-state index contributed by atoms with van der Waals surface area (Å²) in [5, 5.41) is 4.08. The summed E-state index contributed by atoms with van der Waals surface area (Å²) in [7, 11) is 0. The van der Waals surface area contributed by atoms with Crippen LogP contribution < -0.4 is 15.0 Å². The van der Waals surface area contributed by atoms with Crippen molar-refractivity contribution in [3.63, 3.8) is 0 Å². The summed E-state index contributed by atoms with van der Waals surface area (Å²) in [5.74, 6) is 1.01. The number of rotatable bonds is 5. The molecule has 0 aromatic heterocycles. The van der Waals surface area contributed by atoms with Gasteiger partial charge in [-0.15, -0.1) is 0 Å². The fourth-order valence-electron chi connectivity index (χ4n) is 5.44. The smallest absolute Gasteiger partial charge is 0.340 e. The van der Waals surface area contributed by atoms with Crippen LogP contribution in [0.1, 0.15) is 46.5 Å². The lowest BCUT2D eigenvalue weighted by atomic mass is 9.77. The molecule has 186 valence electrons. The van der Waals surface area contributed by atoms with Crippen LogP contribution in [-0.2, 0) is 10.3 Å². The van der Waals surface area contributed by atoms with E-state index in [1.54, 1.807) is 0 Å². The zero-order valence-corrected chi connectivity index (χ0v) is 21.7. The number of hydrogen-bond acceptors (Lipinski definition) is 5. The van der Waals surface area contributed by atoms with E-state index in [2.05, 4.69) is 30.1 Å². The first-order valence-electron chi connectivity index (χ1n) is 12.5. The molecule has 0 aliphatic carbocycles. The Morgan fingerprint density at radius 2 is 1.57 bits per heavy atom.